The molecule has 0 saturated carbocycles. The smallest absolute Gasteiger partial charge is 0.231 e. The number of aryl methyl sites for hydroxylation is 1. The van der Waals surface area contributed by atoms with E-state index in [-0.39, 0.29) is 6.79 Å². The van der Waals surface area contributed by atoms with Crippen LogP contribution in [0, 0.1) is 12.8 Å². The van der Waals surface area contributed by atoms with Gasteiger partial charge in [-0.25, -0.2) is 0 Å². The highest BCUT2D eigenvalue weighted by Crippen LogP contribution is 2.37. The Morgan fingerprint density at radius 3 is 2.67 bits per heavy atom. The minimum Gasteiger partial charge on any atom is -0.454 e. The standard InChI is InChI=1S/C17H20ClN3O3/c1-11-19-17(24-20-11)6-12-2-4-21(5-3-12)9-13-7-15-16(8-14(13)18)23-10-22-15/h7-8,12H,2-6,9-10H2,1H3. The second kappa shape index (κ2) is 6.61. The van der Waals surface area contributed by atoms with Crippen molar-refractivity contribution in [2.45, 2.75) is 32.7 Å². The fourth-order valence-electron chi connectivity index (χ4n) is 3.34. The van der Waals surface area contributed by atoms with Crippen LogP contribution in [-0.4, -0.2) is 34.9 Å². The van der Waals surface area contributed by atoms with Crippen molar-refractivity contribution in [3.8, 4) is 11.5 Å². The first kappa shape index (κ1) is 15.7. The number of likely N-dealkylation sites (tertiary alicyclic amines) is 1. The summed E-state index contributed by atoms with van der Waals surface area (Å²) in [5.41, 5.74) is 1.09. The zero-order valence-electron chi connectivity index (χ0n) is 13.6. The molecule has 2 aliphatic heterocycles. The van der Waals surface area contributed by atoms with Gasteiger partial charge in [-0.2, -0.15) is 4.98 Å². The van der Waals surface area contributed by atoms with E-state index in [0.29, 0.717) is 11.7 Å². The van der Waals surface area contributed by atoms with Gasteiger partial charge in [-0.3, -0.25) is 4.90 Å². The first-order chi connectivity index (χ1) is 11.7. The van der Waals surface area contributed by atoms with E-state index in [2.05, 4.69) is 15.0 Å². The average molecular weight is 350 g/mol. The van der Waals surface area contributed by atoms with E-state index in [1.807, 2.05) is 19.1 Å². The predicted molar refractivity (Wildman–Crippen MR) is 88.3 cm³/mol. The molecule has 1 aromatic carbocycles. The lowest BCUT2D eigenvalue weighted by Crippen LogP contribution is -2.34. The van der Waals surface area contributed by atoms with Crippen LogP contribution in [0.25, 0.3) is 0 Å². The highest BCUT2D eigenvalue weighted by Gasteiger charge is 2.23. The van der Waals surface area contributed by atoms with E-state index in [1.165, 1.54) is 0 Å². The largest absolute Gasteiger partial charge is 0.454 e. The summed E-state index contributed by atoms with van der Waals surface area (Å²) in [4.78, 5) is 6.73. The monoisotopic (exact) mass is 349 g/mol. The highest BCUT2D eigenvalue weighted by molar-refractivity contribution is 6.31. The molecular formula is C17H20ClN3O3. The molecule has 7 heteroatoms. The maximum Gasteiger partial charge on any atom is 0.231 e. The quantitative estimate of drug-likeness (QED) is 0.844. The molecule has 0 amide bonds. The topological polar surface area (TPSA) is 60.6 Å². The Kier molecular flexibility index (Phi) is 4.33. The molecule has 0 atom stereocenters. The molecule has 24 heavy (non-hydrogen) atoms. The van der Waals surface area contributed by atoms with Gasteiger partial charge in [0.15, 0.2) is 17.3 Å². The Bertz CT molecular complexity index is 726. The molecule has 1 aromatic heterocycles. The lowest BCUT2D eigenvalue weighted by atomic mass is 9.93. The maximum atomic E-state index is 6.38. The van der Waals surface area contributed by atoms with Crippen molar-refractivity contribution in [3.63, 3.8) is 0 Å². The normalized spacial score (nSPS) is 18.2. The van der Waals surface area contributed by atoms with Crippen LogP contribution in [0.5, 0.6) is 11.5 Å². The van der Waals surface area contributed by atoms with E-state index in [4.69, 9.17) is 25.6 Å². The van der Waals surface area contributed by atoms with Gasteiger partial charge in [-0.15, -0.1) is 0 Å². The minimum atomic E-state index is 0.273. The van der Waals surface area contributed by atoms with Gasteiger partial charge in [0.1, 0.15) is 0 Å². The Balaban J connectivity index is 1.33. The SMILES string of the molecule is Cc1noc(CC2CCN(Cc3cc4c(cc3Cl)OCO4)CC2)n1. The van der Waals surface area contributed by atoms with Crippen LogP contribution in [0.15, 0.2) is 16.7 Å². The van der Waals surface area contributed by atoms with Crippen LogP contribution < -0.4 is 9.47 Å². The Morgan fingerprint density at radius 2 is 1.96 bits per heavy atom. The molecule has 0 radical (unpaired) electrons. The van der Waals surface area contributed by atoms with Crippen molar-refractivity contribution in [3.05, 3.63) is 34.4 Å². The third-order valence-corrected chi connectivity index (χ3v) is 5.03. The van der Waals surface area contributed by atoms with E-state index in [9.17, 15) is 0 Å². The fraction of sp³-hybridized carbons (Fsp3) is 0.529. The van der Waals surface area contributed by atoms with E-state index in [1.54, 1.807) is 0 Å². The maximum absolute atomic E-state index is 6.38. The summed E-state index contributed by atoms with van der Waals surface area (Å²) in [6.45, 7) is 5.05. The summed E-state index contributed by atoms with van der Waals surface area (Å²) in [5.74, 6) is 3.59. The third kappa shape index (κ3) is 3.35. The van der Waals surface area contributed by atoms with Gasteiger partial charge in [0, 0.05) is 24.1 Å². The lowest BCUT2D eigenvalue weighted by molar-refractivity contribution is 0.169. The van der Waals surface area contributed by atoms with Crippen LogP contribution in [0.1, 0.15) is 30.1 Å². The number of aromatic nitrogens is 2. The first-order valence-corrected chi connectivity index (χ1v) is 8.65. The summed E-state index contributed by atoms with van der Waals surface area (Å²) in [6, 6.07) is 3.85. The van der Waals surface area contributed by atoms with Crippen molar-refractivity contribution in [2.75, 3.05) is 19.9 Å². The minimum absolute atomic E-state index is 0.273. The van der Waals surface area contributed by atoms with E-state index in [0.717, 1.165) is 66.9 Å². The third-order valence-electron chi connectivity index (χ3n) is 4.68. The second-order valence-electron chi connectivity index (χ2n) is 6.46. The number of hydrogen-bond acceptors (Lipinski definition) is 6. The molecule has 0 aliphatic carbocycles. The molecule has 0 N–H and O–H groups in total. The van der Waals surface area contributed by atoms with Gasteiger partial charge in [-0.05, 0) is 50.4 Å². The van der Waals surface area contributed by atoms with Crippen LogP contribution >= 0.6 is 11.6 Å². The van der Waals surface area contributed by atoms with Crippen molar-refractivity contribution >= 4 is 11.6 Å². The summed E-state index contributed by atoms with van der Waals surface area (Å²) >= 11 is 6.38. The number of benzene rings is 1. The van der Waals surface area contributed by atoms with Crippen LogP contribution in [0.4, 0.5) is 0 Å². The molecular weight excluding hydrogens is 330 g/mol. The fourth-order valence-corrected chi connectivity index (χ4v) is 3.55. The number of nitrogens with zero attached hydrogens (tertiary/aromatic N) is 3. The molecule has 128 valence electrons. The van der Waals surface area contributed by atoms with Gasteiger partial charge in [0.05, 0.1) is 0 Å². The van der Waals surface area contributed by atoms with Crippen molar-refractivity contribution in [1.82, 2.24) is 15.0 Å². The summed E-state index contributed by atoms with van der Waals surface area (Å²) in [5, 5.41) is 4.60. The van der Waals surface area contributed by atoms with Gasteiger partial charge >= 0.3 is 0 Å². The molecule has 4 rings (SSSR count). The van der Waals surface area contributed by atoms with Crippen molar-refractivity contribution in [2.24, 2.45) is 5.92 Å². The molecule has 3 heterocycles. The Labute approximate surface area is 145 Å². The zero-order chi connectivity index (χ0) is 16.5. The lowest BCUT2D eigenvalue weighted by Gasteiger charge is -2.31. The van der Waals surface area contributed by atoms with E-state index >= 15 is 0 Å². The molecule has 6 nitrogen and oxygen atoms in total. The molecule has 0 bridgehead atoms. The highest BCUT2D eigenvalue weighted by atomic mass is 35.5. The molecule has 0 unspecified atom stereocenters. The molecule has 2 aromatic rings. The number of fused-ring (bicyclic) bond motifs is 1. The summed E-state index contributed by atoms with van der Waals surface area (Å²) in [7, 11) is 0. The Hall–Kier alpha value is -1.79. The van der Waals surface area contributed by atoms with Gasteiger partial charge in [-0.1, -0.05) is 16.8 Å². The van der Waals surface area contributed by atoms with Gasteiger partial charge in [0.2, 0.25) is 12.7 Å². The number of hydrogen-bond donors (Lipinski definition) is 0. The molecule has 1 saturated heterocycles. The first-order valence-electron chi connectivity index (χ1n) is 8.27. The van der Waals surface area contributed by atoms with Gasteiger partial charge in [0.25, 0.3) is 0 Å². The molecule has 1 fully saturated rings. The number of halogens is 1. The van der Waals surface area contributed by atoms with Crippen LogP contribution in [0.3, 0.4) is 0 Å². The van der Waals surface area contributed by atoms with E-state index < -0.39 is 0 Å². The zero-order valence-corrected chi connectivity index (χ0v) is 14.4. The average Bonchev–Trinajstić information content (AvgIpc) is 3.18. The summed E-state index contributed by atoms with van der Waals surface area (Å²) in [6.07, 6.45) is 3.13. The number of ether oxygens (including phenoxy) is 2. The number of rotatable bonds is 4. The van der Waals surface area contributed by atoms with Crippen LogP contribution in [-0.2, 0) is 13.0 Å². The number of piperidine rings is 1. The second-order valence-corrected chi connectivity index (χ2v) is 6.86. The van der Waals surface area contributed by atoms with Crippen LogP contribution in [0.2, 0.25) is 5.02 Å². The van der Waals surface area contributed by atoms with Crippen molar-refractivity contribution in [1.29, 1.82) is 0 Å². The summed E-state index contributed by atoms with van der Waals surface area (Å²) < 4.78 is 16.0. The molecule has 2 aliphatic rings. The van der Waals surface area contributed by atoms with Crippen molar-refractivity contribution < 1.29 is 14.0 Å². The Morgan fingerprint density at radius 1 is 1.21 bits per heavy atom. The van der Waals surface area contributed by atoms with Gasteiger partial charge < -0.3 is 14.0 Å². The molecule has 0 spiro atoms. The predicted octanol–water partition coefficient (Wildman–Crippen LogP) is 3.21.